The molecule has 1 aromatic heterocycles. The highest BCUT2D eigenvalue weighted by Crippen LogP contribution is 2.12. The molecule has 1 N–H and O–H groups in total. The Hall–Kier alpha value is -1.57. The number of H-pyrrole nitrogens is 1. The third kappa shape index (κ3) is 2.46. The molecule has 0 fully saturated rings. The van der Waals surface area contributed by atoms with Crippen molar-refractivity contribution in [3.05, 3.63) is 53.1 Å². The summed E-state index contributed by atoms with van der Waals surface area (Å²) in [5.74, 6) is 0. The van der Waals surface area contributed by atoms with Crippen LogP contribution in [0.1, 0.15) is 22.4 Å². The predicted octanol–water partition coefficient (Wildman–Crippen LogP) is 2.81. The number of hydrogen-bond acceptors (Lipinski definition) is 1. The Morgan fingerprint density at radius 2 is 2.07 bits per heavy atom. The minimum Gasteiger partial charge on any atom is -0.351 e. The van der Waals surface area contributed by atoms with E-state index in [4.69, 9.17) is 0 Å². The van der Waals surface area contributed by atoms with Crippen LogP contribution in [0, 0.1) is 13.8 Å². The highest BCUT2D eigenvalue weighted by atomic mass is 14.9. The molecule has 0 saturated carbocycles. The first kappa shape index (κ1) is 9.97. The number of nitrogens with zero attached hydrogens (tertiary/aromatic N) is 1. The van der Waals surface area contributed by atoms with Crippen molar-refractivity contribution in [1.82, 2.24) is 9.97 Å². The lowest BCUT2D eigenvalue weighted by Crippen LogP contribution is -1.95. The minimum atomic E-state index is 1.01. The lowest BCUT2D eigenvalue weighted by atomic mass is 10.0. The fraction of sp³-hybridized carbons (Fsp3) is 0.308. The second-order valence-electron chi connectivity index (χ2n) is 3.99. The molecule has 2 rings (SSSR count). The summed E-state index contributed by atoms with van der Waals surface area (Å²) >= 11 is 0. The molecule has 0 unspecified atom stereocenters. The monoisotopic (exact) mass is 200 g/mol. The Morgan fingerprint density at radius 3 is 2.80 bits per heavy atom. The molecule has 0 saturated heterocycles. The van der Waals surface area contributed by atoms with Crippen molar-refractivity contribution in [1.29, 1.82) is 0 Å². The van der Waals surface area contributed by atoms with Crippen molar-refractivity contribution in [3.63, 3.8) is 0 Å². The summed E-state index contributed by atoms with van der Waals surface area (Å²) in [5, 5.41) is 0. The molecular weight excluding hydrogens is 184 g/mol. The molecule has 0 amide bonds. The first-order chi connectivity index (χ1) is 7.25. The normalized spacial score (nSPS) is 10.5. The number of nitrogens with one attached hydrogen (secondary N) is 1. The molecule has 0 spiro atoms. The van der Waals surface area contributed by atoms with Gasteiger partial charge in [0.25, 0.3) is 0 Å². The van der Waals surface area contributed by atoms with Gasteiger partial charge >= 0.3 is 0 Å². The van der Waals surface area contributed by atoms with E-state index in [0.717, 1.165) is 18.5 Å². The lowest BCUT2D eigenvalue weighted by Gasteiger charge is -2.05. The van der Waals surface area contributed by atoms with Crippen molar-refractivity contribution in [2.24, 2.45) is 0 Å². The zero-order valence-corrected chi connectivity index (χ0v) is 9.25. The van der Waals surface area contributed by atoms with Gasteiger partial charge < -0.3 is 4.98 Å². The Bertz CT molecular complexity index is 430. The van der Waals surface area contributed by atoms with Crippen LogP contribution in [0.3, 0.4) is 0 Å². The molecule has 0 radical (unpaired) electrons. The fourth-order valence-corrected chi connectivity index (χ4v) is 1.76. The average molecular weight is 200 g/mol. The van der Waals surface area contributed by atoms with Crippen LogP contribution in [0.15, 0.2) is 30.7 Å². The van der Waals surface area contributed by atoms with Crippen molar-refractivity contribution in [2.75, 3.05) is 0 Å². The molecule has 1 aromatic carbocycles. The summed E-state index contributed by atoms with van der Waals surface area (Å²) in [6, 6.07) is 6.62. The van der Waals surface area contributed by atoms with Crippen LogP contribution in [0.4, 0.5) is 0 Å². The second kappa shape index (κ2) is 4.30. The van der Waals surface area contributed by atoms with Gasteiger partial charge in [-0.1, -0.05) is 23.8 Å². The van der Waals surface area contributed by atoms with E-state index in [2.05, 4.69) is 42.0 Å². The highest BCUT2D eigenvalue weighted by Gasteiger charge is 2.00. The van der Waals surface area contributed by atoms with Gasteiger partial charge in [-0.15, -0.1) is 0 Å². The topological polar surface area (TPSA) is 28.7 Å². The quantitative estimate of drug-likeness (QED) is 0.811. The Labute approximate surface area is 90.4 Å². The molecular formula is C13H16N2. The van der Waals surface area contributed by atoms with E-state index in [9.17, 15) is 0 Å². The molecule has 0 atom stereocenters. The summed E-state index contributed by atoms with van der Waals surface area (Å²) in [6.45, 7) is 4.30. The van der Waals surface area contributed by atoms with Gasteiger partial charge in [-0.25, -0.2) is 4.98 Å². The van der Waals surface area contributed by atoms with E-state index in [1.807, 2.05) is 6.20 Å². The molecule has 2 nitrogen and oxygen atoms in total. The number of imidazole rings is 1. The van der Waals surface area contributed by atoms with Crippen molar-refractivity contribution >= 4 is 0 Å². The van der Waals surface area contributed by atoms with E-state index in [1.54, 1.807) is 6.33 Å². The summed E-state index contributed by atoms with van der Waals surface area (Å²) in [6.07, 6.45) is 5.77. The molecule has 15 heavy (non-hydrogen) atoms. The molecule has 0 aliphatic heterocycles. The molecule has 0 aliphatic carbocycles. The molecule has 0 bridgehead atoms. The number of aromatic nitrogens is 2. The number of benzene rings is 1. The van der Waals surface area contributed by atoms with Crippen molar-refractivity contribution < 1.29 is 0 Å². The maximum Gasteiger partial charge on any atom is 0.0923 e. The zero-order valence-electron chi connectivity index (χ0n) is 9.25. The van der Waals surface area contributed by atoms with E-state index < -0.39 is 0 Å². The third-order valence-electron chi connectivity index (χ3n) is 2.71. The largest absolute Gasteiger partial charge is 0.351 e. The number of rotatable bonds is 3. The molecule has 78 valence electrons. The van der Waals surface area contributed by atoms with Gasteiger partial charge in [0.15, 0.2) is 0 Å². The van der Waals surface area contributed by atoms with Crippen molar-refractivity contribution in [3.8, 4) is 0 Å². The Balaban J connectivity index is 2.07. The maximum atomic E-state index is 4.23. The van der Waals surface area contributed by atoms with Gasteiger partial charge in [-0.05, 0) is 37.8 Å². The van der Waals surface area contributed by atoms with Crippen LogP contribution in [0.25, 0.3) is 0 Å². The highest BCUT2D eigenvalue weighted by molar-refractivity contribution is 5.30. The number of aryl methyl sites for hydroxylation is 4. The van der Waals surface area contributed by atoms with Gasteiger partial charge in [0.1, 0.15) is 0 Å². The van der Waals surface area contributed by atoms with Crippen LogP contribution in [-0.2, 0) is 12.8 Å². The van der Waals surface area contributed by atoms with Gasteiger partial charge in [0.2, 0.25) is 0 Å². The molecule has 2 heteroatoms. The van der Waals surface area contributed by atoms with E-state index in [-0.39, 0.29) is 0 Å². The minimum absolute atomic E-state index is 1.01. The standard InChI is InChI=1S/C13H16N2/c1-10-3-4-11(2)12(7-10)5-6-13-8-14-9-15-13/h3-4,7-9H,5-6H2,1-2H3,(H,14,15). The maximum absolute atomic E-state index is 4.23. The Kier molecular flexibility index (Phi) is 2.86. The summed E-state index contributed by atoms with van der Waals surface area (Å²) in [4.78, 5) is 7.21. The van der Waals surface area contributed by atoms with Gasteiger partial charge in [0, 0.05) is 6.20 Å². The third-order valence-corrected chi connectivity index (χ3v) is 2.71. The Morgan fingerprint density at radius 1 is 1.20 bits per heavy atom. The van der Waals surface area contributed by atoms with Crippen LogP contribution in [0.2, 0.25) is 0 Å². The first-order valence-corrected chi connectivity index (χ1v) is 5.29. The molecule has 1 heterocycles. The molecule has 0 aliphatic rings. The SMILES string of the molecule is Cc1ccc(C)c(CCc2c[nH]cn2)c1. The smallest absolute Gasteiger partial charge is 0.0923 e. The predicted molar refractivity (Wildman–Crippen MR) is 61.9 cm³/mol. The first-order valence-electron chi connectivity index (χ1n) is 5.29. The van der Waals surface area contributed by atoms with E-state index >= 15 is 0 Å². The van der Waals surface area contributed by atoms with Gasteiger partial charge in [-0.2, -0.15) is 0 Å². The van der Waals surface area contributed by atoms with E-state index in [0.29, 0.717) is 0 Å². The number of aromatic amines is 1. The summed E-state index contributed by atoms with van der Waals surface area (Å²) in [5.41, 5.74) is 5.27. The summed E-state index contributed by atoms with van der Waals surface area (Å²) in [7, 11) is 0. The van der Waals surface area contributed by atoms with Crippen LogP contribution >= 0.6 is 0 Å². The zero-order chi connectivity index (χ0) is 10.7. The number of hydrogen-bond donors (Lipinski definition) is 1. The van der Waals surface area contributed by atoms with Gasteiger partial charge in [-0.3, -0.25) is 0 Å². The van der Waals surface area contributed by atoms with Gasteiger partial charge in [0.05, 0.1) is 12.0 Å². The molecule has 2 aromatic rings. The van der Waals surface area contributed by atoms with Crippen LogP contribution < -0.4 is 0 Å². The summed E-state index contributed by atoms with van der Waals surface area (Å²) < 4.78 is 0. The van der Waals surface area contributed by atoms with Crippen molar-refractivity contribution in [2.45, 2.75) is 26.7 Å². The lowest BCUT2D eigenvalue weighted by molar-refractivity contribution is 0.915. The van der Waals surface area contributed by atoms with Crippen LogP contribution in [0.5, 0.6) is 0 Å². The second-order valence-corrected chi connectivity index (χ2v) is 3.99. The average Bonchev–Trinajstić information content (AvgIpc) is 2.72. The van der Waals surface area contributed by atoms with Crippen LogP contribution in [-0.4, -0.2) is 9.97 Å². The fourth-order valence-electron chi connectivity index (χ4n) is 1.76. The van der Waals surface area contributed by atoms with E-state index in [1.165, 1.54) is 16.7 Å².